The van der Waals surface area contributed by atoms with Crippen molar-refractivity contribution in [3.8, 4) is 44.6 Å². The van der Waals surface area contributed by atoms with E-state index in [1.807, 2.05) is 66.7 Å². The van der Waals surface area contributed by atoms with E-state index in [4.69, 9.17) is 9.98 Å². The molecule has 0 saturated carbocycles. The number of nitrogens with one attached hydrogen (secondary N) is 2. The van der Waals surface area contributed by atoms with E-state index in [1.165, 1.54) is 44.5 Å². The van der Waals surface area contributed by atoms with Crippen molar-refractivity contribution in [1.82, 2.24) is 9.97 Å². The Bertz CT molecular complexity index is 2670. The molecule has 0 radical (unpaired) electrons. The maximum atomic E-state index is 9.18. The van der Waals surface area contributed by atoms with Crippen molar-refractivity contribution in [1.29, 1.82) is 5.41 Å². The normalized spacial score (nSPS) is 13.6. The van der Waals surface area contributed by atoms with Gasteiger partial charge in [-0.3, -0.25) is 5.41 Å². The van der Waals surface area contributed by atoms with Gasteiger partial charge in [0.25, 0.3) is 0 Å². The molecule has 0 bridgehead atoms. The molecule has 0 saturated heterocycles. The molecule has 4 heteroatoms. The van der Waals surface area contributed by atoms with Crippen molar-refractivity contribution >= 4 is 16.9 Å². The number of aromatic amines is 1. The van der Waals surface area contributed by atoms with Gasteiger partial charge in [0.1, 0.15) is 5.69 Å². The molecule has 4 nitrogen and oxygen atoms in total. The molecule has 0 amide bonds. The van der Waals surface area contributed by atoms with E-state index < -0.39 is 5.41 Å². The van der Waals surface area contributed by atoms with Gasteiger partial charge in [0.05, 0.1) is 16.4 Å². The fourth-order valence-corrected chi connectivity index (χ4v) is 8.21. The Morgan fingerprint density at radius 3 is 1.76 bits per heavy atom. The third-order valence-corrected chi connectivity index (χ3v) is 10.4. The Morgan fingerprint density at radius 1 is 0.500 bits per heavy atom. The van der Waals surface area contributed by atoms with E-state index in [0.29, 0.717) is 11.2 Å². The van der Waals surface area contributed by atoms with Crippen LogP contribution in [0.2, 0.25) is 0 Å². The molecule has 0 atom stereocenters. The number of aromatic nitrogens is 2. The first kappa shape index (κ1) is 28.4. The van der Waals surface area contributed by atoms with E-state index in [0.717, 1.165) is 33.3 Å². The van der Waals surface area contributed by atoms with Crippen LogP contribution in [0.5, 0.6) is 0 Å². The summed E-state index contributed by atoms with van der Waals surface area (Å²) >= 11 is 0. The Balaban J connectivity index is 1.12. The predicted octanol–water partition coefficient (Wildman–Crippen LogP) is 10.2. The summed E-state index contributed by atoms with van der Waals surface area (Å²) in [5, 5.41) is 9.18. The van der Waals surface area contributed by atoms with Gasteiger partial charge in [-0.05, 0) is 79.9 Å². The predicted molar refractivity (Wildman–Crippen MR) is 202 cm³/mol. The van der Waals surface area contributed by atoms with Crippen LogP contribution in [0.15, 0.2) is 175 Å². The average Bonchev–Trinajstić information content (AvgIpc) is 3.65. The van der Waals surface area contributed by atoms with Gasteiger partial charge >= 0.3 is 0 Å². The summed E-state index contributed by atoms with van der Waals surface area (Å²) in [4.78, 5) is 13.3. The highest BCUT2D eigenvalue weighted by Crippen LogP contribution is 2.62. The molecule has 0 unspecified atom stereocenters. The molecule has 1 spiro atoms. The zero-order chi connectivity index (χ0) is 33.2. The fourth-order valence-electron chi connectivity index (χ4n) is 8.21. The second-order valence-corrected chi connectivity index (χ2v) is 13.0. The maximum Gasteiger partial charge on any atom is 0.159 e. The lowest BCUT2D eigenvalue weighted by Gasteiger charge is -2.30. The van der Waals surface area contributed by atoms with Crippen LogP contribution in [0.1, 0.15) is 27.8 Å². The van der Waals surface area contributed by atoms with Crippen molar-refractivity contribution in [3.63, 3.8) is 0 Å². The number of hydrogen-bond acceptors (Lipinski definition) is 2. The SMILES string of the molecule is N=C(N=c1[nH]c2ccccc2nc1-c1ccccc1)c1cccc(-c2ccc3c(c2)C2(c4ccccc4-c4ccccc42)c2ccccc2-3)c1. The molecule has 10 rings (SSSR count). The molecule has 2 aliphatic carbocycles. The molecular formula is C46H30N4. The van der Waals surface area contributed by atoms with Gasteiger partial charge in [-0.25, -0.2) is 9.98 Å². The highest BCUT2D eigenvalue weighted by molar-refractivity contribution is 5.99. The molecule has 1 heterocycles. The number of H-pyrrole nitrogens is 1. The Labute approximate surface area is 289 Å². The zero-order valence-corrected chi connectivity index (χ0v) is 27.1. The van der Waals surface area contributed by atoms with Crippen LogP contribution in [0.4, 0.5) is 0 Å². The number of hydrogen-bond donors (Lipinski definition) is 2. The third-order valence-electron chi connectivity index (χ3n) is 10.4. The fraction of sp³-hybridized carbons (Fsp3) is 0.0217. The summed E-state index contributed by atoms with van der Waals surface area (Å²) in [6, 6.07) is 59.7. The van der Waals surface area contributed by atoms with E-state index in [1.54, 1.807) is 0 Å². The summed E-state index contributed by atoms with van der Waals surface area (Å²) in [5.41, 5.74) is 16.8. The number of rotatable bonds is 3. The monoisotopic (exact) mass is 638 g/mol. The van der Waals surface area contributed by atoms with Gasteiger partial charge in [-0.1, -0.05) is 146 Å². The molecular weight excluding hydrogens is 609 g/mol. The molecule has 8 aromatic rings. The van der Waals surface area contributed by atoms with Gasteiger partial charge < -0.3 is 4.98 Å². The Morgan fingerprint density at radius 2 is 1.06 bits per heavy atom. The number of benzene rings is 7. The number of para-hydroxylation sites is 2. The highest BCUT2D eigenvalue weighted by Gasteiger charge is 2.51. The van der Waals surface area contributed by atoms with Gasteiger partial charge in [0.2, 0.25) is 0 Å². The molecule has 1 aromatic heterocycles. The molecule has 2 N–H and O–H groups in total. The van der Waals surface area contributed by atoms with E-state index in [2.05, 4.69) is 108 Å². The van der Waals surface area contributed by atoms with Crippen LogP contribution in [-0.4, -0.2) is 15.8 Å². The van der Waals surface area contributed by atoms with Crippen molar-refractivity contribution in [2.45, 2.75) is 5.41 Å². The van der Waals surface area contributed by atoms with Crippen molar-refractivity contribution in [2.24, 2.45) is 4.99 Å². The van der Waals surface area contributed by atoms with Crippen LogP contribution in [0, 0.1) is 5.41 Å². The van der Waals surface area contributed by atoms with Crippen LogP contribution < -0.4 is 5.49 Å². The molecule has 2 aliphatic rings. The first-order chi connectivity index (χ1) is 24.7. The first-order valence-electron chi connectivity index (χ1n) is 16.9. The minimum absolute atomic E-state index is 0.168. The molecule has 234 valence electrons. The molecule has 0 aliphatic heterocycles. The average molecular weight is 639 g/mol. The van der Waals surface area contributed by atoms with Crippen molar-refractivity contribution < 1.29 is 0 Å². The Kier molecular flexibility index (Phi) is 6.21. The lowest BCUT2D eigenvalue weighted by Crippen LogP contribution is -2.25. The van der Waals surface area contributed by atoms with Gasteiger partial charge in [-0.2, -0.15) is 0 Å². The standard InChI is InChI=1S/C46H30N4/c47-44(50-45-43(29-13-2-1-3-14-29)48-41-23-10-11-24-42(41)49-45)32-16-12-15-30(27-32)31-25-26-36-35-19-6-9-22-39(35)46(40(36)28-31)37-20-7-4-17-33(37)34-18-5-8-21-38(34)46/h1-28H,(H2,47,49,50). The minimum atomic E-state index is -0.401. The van der Waals surface area contributed by atoms with Crippen LogP contribution in [0.25, 0.3) is 55.7 Å². The maximum absolute atomic E-state index is 9.18. The molecule has 7 aromatic carbocycles. The van der Waals surface area contributed by atoms with Crippen LogP contribution in [0.3, 0.4) is 0 Å². The Hall–Kier alpha value is -6.65. The number of amidine groups is 1. The second-order valence-electron chi connectivity index (χ2n) is 13.0. The summed E-state index contributed by atoms with van der Waals surface area (Å²) in [6.07, 6.45) is 0. The first-order valence-corrected chi connectivity index (χ1v) is 16.9. The van der Waals surface area contributed by atoms with Crippen LogP contribution >= 0.6 is 0 Å². The van der Waals surface area contributed by atoms with E-state index >= 15 is 0 Å². The van der Waals surface area contributed by atoms with Gasteiger partial charge in [0.15, 0.2) is 11.3 Å². The quantitative estimate of drug-likeness (QED) is 0.147. The zero-order valence-electron chi connectivity index (χ0n) is 27.1. The number of fused-ring (bicyclic) bond motifs is 11. The summed E-state index contributed by atoms with van der Waals surface area (Å²) in [5.74, 6) is 0.168. The lowest BCUT2D eigenvalue weighted by atomic mass is 9.70. The van der Waals surface area contributed by atoms with Crippen molar-refractivity contribution in [2.75, 3.05) is 0 Å². The minimum Gasteiger partial charge on any atom is -0.337 e. The smallest absolute Gasteiger partial charge is 0.159 e. The van der Waals surface area contributed by atoms with Crippen molar-refractivity contribution in [3.05, 3.63) is 203 Å². The third kappa shape index (κ3) is 4.09. The van der Waals surface area contributed by atoms with E-state index in [9.17, 15) is 5.41 Å². The summed E-state index contributed by atoms with van der Waals surface area (Å²) in [7, 11) is 0. The summed E-state index contributed by atoms with van der Waals surface area (Å²) < 4.78 is 0. The molecule has 0 fully saturated rings. The molecule has 50 heavy (non-hydrogen) atoms. The topological polar surface area (TPSA) is 64.9 Å². The number of nitrogens with zero attached hydrogens (tertiary/aromatic N) is 2. The van der Waals surface area contributed by atoms with Gasteiger partial charge in [-0.15, -0.1) is 0 Å². The lowest BCUT2D eigenvalue weighted by molar-refractivity contribution is 0.794. The van der Waals surface area contributed by atoms with E-state index in [-0.39, 0.29) is 5.84 Å². The van der Waals surface area contributed by atoms with Gasteiger partial charge in [0, 0.05) is 11.1 Å². The summed E-state index contributed by atoms with van der Waals surface area (Å²) in [6.45, 7) is 0. The second kappa shape index (κ2) is 10.9. The van der Waals surface area contributed by atoms with Crippen LogP contribution in [-0.2, 0) is 5.41 Å². The highest BCUT2D eigenvalue weighted by atomic mass is 14.9. The largest absolute Gasteiger partial charge is 0.337 e.